The molecule has 1 aliphatic carbocycles. The fraction of sp³-hybridized carbons (Fsp3) is 0.600. The maximum absolute atomic E-state index is 8.65. The molecule has 0 aromatic rings. The minimum absolute atomic E-state index is 0. The Morgan fingerprint density at radius 1 is 1.00 bits per heavy atom. The van der Waals surface area contributed by atoms with E-state index in [9.17, 15) is 0 Å². The molecular weight excluding hydrogens is 546 g/mol. The largest absolute Gasteiger partial charge is 0.389 e. The van der Waals surface area contributed by atoms with E-state index >= 15 is 0 Å². The number of aliphatic hydroxyl groups is 2. The van der Waals surface area contributed by atoms with Crippen LogP contribution < -0.4 is 0 Å². The van der Waals surface area contributed by atoms with Gasteiger partial charge in [0.15, 0.2) is 0 Å². The van der Waals surface area contributed by atoms with Crippen molar-refractivity contribution in [3.8, 4) is 0 Å². The zero-order valence-corrected chi connectivity index (χ0v) is 14.6. The molecule has 46 valence electrons. The fourth-order valence-electron chi connectivity index (χ4n) is 0.661. The van der Waals surface area contributed by atoms with Crippen LogP contribution in [0.3, 0.4) is 0 Å². The van der Waals surface area contributed by atoms with E-state index in [0.29, 0.717) is 6.42 Å². The molecule has 0 spiro atoms. The average Bonchev–Trinajstić information content (AvgIpc) is 1.87. The SMILES string of the molecule is O[C@@H]1C=C[C@H](O)C1.[Ac].[Ac]. The topological polar surface area (TPSA) is 40.5 Å². The van der Waals surface area contributed by atoms with Crippen LogP contribution in [0, 0.1) is 88.1 Å². The third-order valence-corrected chi connectivity index (χ3v) is 1.04. The molecule has 0 aromatic carbocycles. The Morgan fingerprint density at radius 2 is 1.33 bits per heavy atom. The van der Waals surface area contributed by atoms with E-state index < -0.39 is 12.2 Å². The molecule has 0 aliphatic heterocycles. The van der Waals surface area contributed by atoms with E-state index in [2.05, 4.69) is 0 Å². The van der Waals surface area contributed by atoms with E-state index in [1.165, 1.54) is 0 Å². The van der Waals surface area contributed by atoms with E-state index in [1.807, 2.05) is 0 Å². The van der Waals surface area contributed by atoms with Crippen LogP contribution in [-0.2, 0) is 0 Å². The summed E-state index contributed by atoms with van der Waals surface area (Å²) >= 11 is 0. The van der Waals surface area contributed by atoms with Crippen LogP contribution in [0.2, 0.25) is 0 Å². The maximum atomic E-state index is 8.65. The van der Waals surface area contributed by atoms with Crippen molar-refractivity contribution in [2.24, 2.45) is 0 Å². The Bertz CT molecular complexity index is 85.0. The van der Waals surface area contributed by atoms with Crippen LogP contribution in [0.4, 0.5) is 0 Å². The summed E-state index contributed by atoms with van der Waals surface area (Å²) in [5.74, 6) is 0. The minimum Gasteiger partial charge on any atom is -0.389 e. The summed E-state index contributed by atoms with van der Waals surface area (Å²) < 4.78 is 0. The first kappa shape index (κ1) is 14.1. The van der Waals surface area contributed by atoms with Crippen LogP contribution >= 0.6 is 0 Å². The van der Waals surface area contributed by atoms with Gasteiger partial charge >= 0.3 is 0 Å². The first-order valence-corrected chi connectivity index (χ1v) is 2.33. The Hall–Kier alpha value is 2.54. The van der Waals surface area contributed by atoms with Crippen molar-refractivity contribution >= 4 is 0 Å². The van der Waals surface area contributed by atoms with Crippen molar-refractivity contribution in [2.75, 3.05) is 0 Å². The van der Waals surface area contributed by atoms with Crippen molar-refractivity contribution in [3.63, 3.8) is 0 Å². The van der Waals surface area contributed by atoms with E-state index in [1.54, 1.807) is 12.2 Å². The van der Waals surface area contributed by atoms with Crippen molar-refractivity contribution in [1.82, 2.24) is 0 Å². The zero-order chi connectivity index (χ0) is 5.28. The zero-order valence-electron chi connectivity index (χ0n) is 5.07. The molecule has 1 aliphatic rings. The first-order chi connectivity index (χ1) is 3.29. The Kier molecular flexibility index (Phi) is 11.3. The summed E-state index contributed by atoms with van der Waals surface area (Å²) in [5.41, 5.74) is 0. The number of hydrogen-bond donors (Lipinski definition) is 2. The van der Waals surface area contributed by atoms with Crippen molar-refractivity contribution in [3.05, 3.63) is 12.2 Å². The monoisotopic (exact) mass is 554 g/mol. The molecule has 9 heavy (non-hydrogen) atoms. The molecular formula is C5H8Ac2O2. The minimum atomic E-state index is -0.407. The van der Waals surface area contributed by atoms with Gasteiger partial charge in [0.1, 0.15) is 0 Å². The van der Waals surface area contributed by atoms with Gasteiger partial charge in [-0.2, -0.15) is 0 Å². The van der Waals surface area contributed by atoms with Gasteiger partial charge in [0, 0.05) is 94.5 Å². The molecule has 0 saturated carbocycles. The molecule has 2 atom stereocenters. The molecule has 0 unspecified atom stereocenters. The van der Waals surface area contributed by atoms with E-state index in [-0.39, 0.29) is 88.1 Å². The van der Waals surface area contributed by atoms with Crippen molar-refractivity contribution < 1.29 is 98.3 Å². The van der Waals surface area contributed by atoms with Crippen LogP contribution in [0.1, 0.15) is 6.42 Å². The summed E-state index contributed by atoms with van der Waals surface area (Å²) in [7, 11) is 0. The predicted molar refractivity (Wildman–Crippen MR) is 25.8 cm³/mol. The number of aliphatic hydroxyl groups excluding tert-OH is 2. The van der Waals surface area contributed by atoms with Gasteiger partial charge in [0.25, 0.3) is 0 Å². The third-order valence-electron chi connectivity index (χ3n) is 1.04. The first-order valence-electron chi connectivity index (χ1n) is 2.33. The molecule has 2 N–H and O–H groups in total. The Morgan fingerprint density at radius 3 is 1.44 bits per heavy atom. The molecule has 1 rings (SSSR count). The van der Waals surface area contributed by atoms with Crippen LogP contribution in [0.15, 0.2) is 12.2 Å². The molecule has 0 heterocycles. The normalized spacial score (nSPS) is 30.9. The second kappa shape index (κ2) is 7.21. The Labute approximate surface area is 126 Å². The third kappa shape index (κ3) is 5.78. The van der Waals surface area contributed by atoms with Gasteiger partial charge in [0.2, 0.25) is 0 Å². The van der Waals surface area contributed by atoms with Gasteiger partial charge < -0.3 is 10.2 Å². The molecule has 0 saturated heterocycles. The molecule has 0 fully saturated rings. The van der Waals surface area contributed by atoms with Crippen LogP contribution in [0.5, 0.6) is 0 Å². The van der Waals surface area contributed by atoms with Gasteiger partial charge in [-0.15, -0.1) is 0 Å². The quantitative estimate of drug-likeness (QED) is 0.403. The van der Waals surface area contributed by atoms with E-state index in [0.717, 1.165) is 0 Å². The maximum Gasteiger partial charge on any atom is 0.0749 e. The molecule has 0 amide bonds. The van der Waals surface area contributed by atoms with Crippen LogP contribution in [0.25, 0.3) is 0 Å². The van der Waals surface area contributed by atoms with Gasteiger partial charge in [-0.3, -0.25) is 0 Å². The summed E-state index contributed by atoms with van der Waals surface area (Å²) in [6.07, 6.45) is 2.86. The molecule has 2 radical (unpaired) electrons. The summed E-state index contributed by atoms with van der Waals surface area (Å²) in [6, 6.07) is 0. The fourth-order valence-corrected chi connectivity index (χ4v) is 0.661. The molecule has 0 aromatic heterocycles. The Balaban J connectivity index is 0. The summed E-state index contributed by atoms with van der Waals surface area (Å²) in [5, 5.41) is 17.3. The predicted octanol–water partition coefficient (Wildman–Crippen LogP) is -0.332. The second-order valence-corrected chi connectivity index (χ2v) is 1.76. The van der Waals surface area contributed by atoms with Crippen molar-refractivity contribution in [1.29, 1.82) is 0 Å². The summed E-state index contributed by atoms with van der Waals surface area (Å²) in [6.45, 7) is 0. The van der Waals surface area contributed by atoms with Gasteiger partial charge in [-0.05, 0) is 0 Å². The van der Waals surface area contributed by atoms with Crippen molar-refractivity contribution in [2.45, 2.75) is 18.6 Å². The van der Waals surface area contributed by atoms with Gasteiger partial charge in [0.05, 0.1) is 12.2 Å². The second-order valence-electron chi connectivity index (χ2n) is 1.76. The smallest absolute Gasteiger partial charge is 0.0749 e. The standard InChI is InChI=1S/C5H8O2.2Ac/c6-4-1-2-5(7)3-4;;/h1-2,4-7H,3H2;;/t4-,5+;;. The molecule has 0 bridgehead atoms. The van der Waals surface area contributed by atoms with Gasteiger partial charge in [-0.25, -0.2) is 0 Å². The number of rotatable bonds is 0. The average molecular weight is 554 g/mol. The van der Waals surface area contributed by atoms with E-state index in [4.69, 9.17) is 10.2 Å². The molecule has 4 heteroatoms. The van der Waals surface area contributed by atoms with Gasteiger partial charge in [-0.1, -0.05) is 12.2 Å². The molecule has 2 nitrogen and oxygen atoms in total. The number of hydrogen-bond acceptors (Lipinski definition) is 2. The summed E-state index contributed by atoms with van der Waals surface area (Å²) in [4.78, 5) is 0. The van der Waals surface area contributed by atoms with Crippen LogP contribution in [-0.4, -0.2) is 22.4 Å².